The lowest BCUT2D eigenvalue weighted by Crippen LogP contribution is -2.04. The molecule has 0 atom stereocenters. The van der Waals surface area contributed by atoms with Crippen molar-refractivity contribution in [2.45, 2.75) is 13.1 Å². The van der Waals surface area contributed by atoms with Gasteiger partial charge in [-0.3, -0.25) is 0 Å². The van der Waals surface area contributed by atoms with Gasteiger partial charge in [0.2, 0.25) is 0 Å². The topological polar surface area (TPSA) is 67.5 Å². The highest BCUT2D eigenvalue weighted by atomic mass is 19.4. The third kappa shape index (κ3) is 2.63. The fourth-order valence-corrected chi connectivity index (χ4v) is 2.26. The molecule has 0 spiro atoms. The highest BCUT2D eigenvalue weighted by Gasteiger charge is 2.30. The lowest BCUT2D eigenvalue weighted by molar-refractivity contribution is -0.137. The van der Waals surface area contributed by atoms with E-state index in [9.17, 15) is 18.0 Å². The quantitative estimate of drug-likeness (QED) is 0.785. The number of fused-ring (bicyclic) bond motifs is 1. The van der Waals surface area contributed by atoms with E-state index in [2.05, 4.69) is 10.1 Å². The van der Waals surface area contributed by atoms with Gasteiger partial charge in [-0.1, -0.05) is 12.1 Å². The Kier molecular flexibility index (Phi) is 3.32. The van der Waals surface area contributed by atoms with Crippen molar-refractivity contribution in [1.29, 1.82) is 0 Å². The first kappa shape index (κ1) is 15.0. The van der Waals surface area contributed by atoms with Crippen LogP contribution in [0.2, 0.25) is 0 Å². The number of hydrogen-bond acceptors (Lipinski definition) is 3. The highest BCUT2D eigenvalue weighted by Crippen LogP contribution is 2.31. The van der Waals surface area contributed by atoms with E-state index in [0.29, 0.717) is 16.8 Å². The number of hydrogen-bond donors (Lipinski definition) is 1. The number of aromatic nitrogens is 3. The fraction of sp³-hybridized carbons (Fsp3) is 0.133. The van der Waals surface area contributed by atoms with E-state index in [-0.39, 0.29) is 11.2 Å². The van der Waals surface area contributed by atoms with Crippen LogP contribution in [0.3, 0.4) is 0 Å². The van der Waals surface area contributed by atoms with E-state index in [1.54, 1.807) is 13.1 Å². The molecule has 0 aliphatic heterocycles. The molecule has 0 fully saturated rings. The number of rotatable bonds is 2. The molecule has 0 aliphatic rings. The van der Waals surface area contributed by atoms with Gasteiger partial charge in [-0.15, -0.1) is 0 Å². The molecule has 0 unspecified atom stereocenters. The Balaban J connectivity index is 2.13. The SMILES string of the molecule is Cc1cn2ncc(C(=O)O)c2nc1-c1ccc(C(F)(F)F)cc1. The van der Waals surface area contributed by atoms with E-state index < -0.39 is 17.7 Å². The third-order valence-electron chi connectivity index (χ3n) is 3.39. The molecule has 0 saturated carbocycles. The van der Waals surface area contributed by atoms with Crippen LogP contribution in [0.25, 0.3) is 16.9 Å². The molecule has 118 valence electrons. The number of carboxylic acid groups (broad SMARTS) is 1. The minimum absolute atomic E-state index is 0.0711. The van der Waals surface area contributed by atoms with Crippen molar-refractivity contribution in [3.05, 3.63) is 53.3 Å². The van der Waals surface area contributed by atoms with Crippen molar-refractivity contribution in [3.63, 3.8) is 0 Å². The van der Waals surface area contributed by atoms with Gasteiger partial charge >= 0.3 is 12.1 Å². The van der Waals surface area contributed by atoms with E-state index in [4.69, 9.17) is 5.11 Å². The maximum atomic E-state index is 12.6. The average Bonchev–Trinajstić information content (AvgIpc) is 2.88. The van der Waals surface area contributed by atoms with Gasteiger partial charge in [-0.25, -0.2) is 14.3 Å². The first-order valence-corrected chi connectivity index (χ1v) is 6.53. The van der Waals surface area contributed by atoms with E-state index in [0.717, 1.165) is 12.1 Å². The number of aryl methyl sites for hydroxylation is 1. The van der Waals surface area contributed by atoms with Crippen molar-refractivity contribution < 1.29 is 23.1 Å². The first-order valence-electron chi connectivity index (χ1n) is 6.53. The summed E-state index contributed by atoms with van der Waals surface area (Å²) < 4.78 is 39.2. The highest BCUT2D eigenvalue weighted by molar-refractivity contribution is 5.94. The van der Waals surface area contributed by atoms with Crippen molar-refractivity contribution in [1.82, 2.24) is 14.6 Å². The monoisotopic (exact) mass is 321 g/mol. The van der Waals surface area contributed by atoms with Gasteiger partial charge in [0.25, 0.3) is 0 Å². The predicted octanol–water partition coefficient (Wildman–Crippen LogP) is 3.42. The number of halogens is 3. The van der Waals surface area contributed by atoms with Crippen LogP contribution in [-0.4, -0.2) is 25.7 Å². The summed E-state index contributed by atoms with van der Waals surface area (Å²) in [6.07, 6.45) is -1.64. The maximum absolute atomic E-state index is 12.6. The van der Waals surface area contributed by atoms with Gasteiger partial charge in [-0.2, -0.15) is 18.3 Å². The molecule has 2 aromatic heterocycles. The molecule has 0 saturated heterocycles. The second-order valence-corrected chi connectivity index (χ2v) is 4.98. The van der Waals surface area contributed by atoms with Gasteiger partial charge in [0, 0.05) is 11.8 Å². The molecule has 2 heterocycles. The molecule has 23 heavy (non-hydrogen) atoms. The Morgan fingerprint density at radius 1 is 1.22 bits per heavy atom. The Labute approximate surface area is 128 Å². The smallest absolute Gasteiger partial charge is 0.416 e. The minimum atomic E-state index is -4.41. The summed E-state index contributed by atoms with van der Waals surface area (Å²) in [5.41, 5.74) is 0.855. The minimum Gasteiger partial charge on any atom is -0.477 e. The zero-order valence-corrected chi connectivity index (χ0v) is 11.8. The summed E-state index contributed by atoms with van der Waals surface area (Å²) in [6.45, 7) is 1.72. The van der Waals surface area contributed by atoms with Crippen molar-refractivity contribution in [2.75, 3.05) is 0 Å². The zero-order chi connectivity index (χ0) is 16.8. The van der Waals surface area contributed by atoms with Gasteiger partial charge in [0.15, 0.2) is 5.65 Å². The fourth-order valence-electron chi connectivity index (χ4n) is 2.26. The third-order valence-corrected chi connectivity index (χ3v) is 3.39. The summed E-state index contributed by atoms with van der Waals surface area (Å²) >= 11 is 0. The standard InChI is InChI=1S/C15H10F3N3O2/c1-8-7-21-13(11(6-19-21)14(22)23)20-12(8)9-2-4-10(5-3-9)15(16,17)18/h2-7H,1H3,(H,22,23). The number of nitrogens with zero attached hydrogens (tertiary/aromatic N) is 3. The Morgan fingerprint density at radius 2 is 1.87 bits per heavy atom. The lowest BCUT2D eigenvalue weighted by atomic mass is 10.1. The molecule has 3 aromatic rings. The Bertz CT molecular complexity index is 899. The molecule has 1 N–H and O–H groups in total. The summed E-state index contributed by atoms with van der Waals surface area (Å²) in [5, 5.41) is 13.0. The Hall–Kier alpha value is -2.90. The van der Waals surface area contributed by atoms with E-state index in [1.165, 1.54) is 22.8 Å². The largest absolute Gasteiger partial charge is 0.477 e. The number of benzene rings is 1. The summed E-state index contributed by atoms with van der Waals surface area (Å²) in [6, 6.07) is 4.56. The van der Waals surface area contributed by atoms with Crippen LogP contribution < -0.4 is 0 Å². The van der Waals surface area contributed by atoms with Crippen LogP contribution in [-0.2, 0) is 6.18 Å². The van der Waals surface area contributed by atoms with Gasteiger partial charge < -0.3 is 5.11 Å². The summed E-state index contributed by atoms with van der Waals surface area (Å²) in [5.74, 6) is -1.17. The maximum Gasteiger partial charge on any atom is 0.416 e. The molecule has 0 amide bonds. The Morgan fingerprint density at radius 3 is 2.43 bits per heavy atom. The molecule has 1 aromatic carbocycles. The molecule has 0 radical (unpaired) electrons. The zero-order valence-electron chi connectivity index (χ0n) is 11.8. The summed E-state index contributed by atoms with van der Waals surface area (Å²) in [7, 11) is 0. The van der Waals surface area contributed by atoms with Crippen molar-refractivity contribution in [2.24, 2.45) is 0 Å². The van der Waals surface area contributed by atoms with E-state index >= 15 is 0 Å². The molecular formula is C15H10F3N3O2. The number of alkyl halides is 3. The van der Waals surface area contributed by atoms with Crippen LogP contribution in [0.15, 0.2) is 36.7 Å². The van der Waals surface area contributed by atoms with Crippen LogP contribution in [0, 0.1) is 6.92 Å². The van der Waals surface area contributed by atoms with Crippen LogP contribution in [0.4, 0.5) is 13.2 Å². The van der Waals surface area contributed by atoms with Gasteiger partial charge in [0.1, 0.15) is 5.56 Å². The van der Waals surface area contributed by atoms with Crippen LogP contribution >= 0.6 is 0 Å². The molecule has 8 heteroatoms. The molecule has 5 nitrogen and oxygen atoms in total. The van der Waals surface area contributed by atoms with Crippen molar-refractivity contribution in [3.8, 4) is 11.3 Å². The normalized spacial score (nSPS) is 11.8. The molecule has 0 aliphatic carbocycles. The average molecular weight is 321 g/mol. The molecule has 3 rings (SSSR count). The van der Waals surface area contributed by atoms with Gasteiger partial charge in [0.05, 0.1) is 17.5 Å². The summed E-state index contributed by atoms with van der Waals surface area (Å²) in [4.78, 5) is 15.4. The number of aromatic carboxylic acids is 1. The van der Waals surface area contributed by atoms with Crippen LogP contribution in [0.1, 0.15) is 21.5 Å². The second kappa shape index (κ2) is 5.08. The molecular weight excluding hydrogens is 311 g/mol. The predicted molar refractivity (Wildman–Crippen MR) is 75.1 cm³/mol. The van der Waals surface area contributed by atoms with Crippen molar-refractivity contribution >= 4 is 11.6 Å². The number of carbonyl (C=O) groups is 1. The molecule has 0 bridgehead atoms. The first-order chi connectivity index (χ1) is 10.8. The van der Waals surface area contributed by atoms with Crippen LogP contribution in [0.5, 0.6) is 0 Å². The van der Waals surface area contributed by atoms with Gasteiger partial charge in [-0.05, 0) is 24.6 Å². The second-order valence-electron chi connectivity index (χ2n) is 4.98. The van der Waals surface area contributed by atoms with E-state index in [1.807, 2.05) is 0 Å². The lowest BCUT2D eigenvalue weighted by Gasteiger charge is -2.09. The number of carboxylic acids is 1.